The minimum atomic E-state index is -0.408. The number of hydrogen-bond donors (Lipinski definition) is 2. The van der Waals surface area contributed by atoms with Gasteiger partial charge in [0.25, 0.3) is 0 Å². The first-order valence-electron chi connectivity index (χ1n) is 6.33. The topological polar surface area (TPSA) is 122 Å². The van der Waals surface area contributed by atoms with Crippen LogP contribution in [0.2, 0.25) is 0 Å². The number of carbonyl (C=O) groups is 1. The Morgan fingerprint density at radius 2 is 2.09 bits per heavy atom. The van der Waals surface area contributed by atoms with Crippen LogP contribution in [-0.2, 0) is 6.54 Å². The Hall–Kier alpha value is -3.36. The fourth-order valence-corrected chi connectivity index (χ4v) is 1.86. The molecule has 3 heterocycles. The van der Waals surface area contributed by atoms with Gasteiger partial charge < -0.3 is 5.11 Å². The van der Waals surface area contributed by atoms with Crippen molar-refractivity contribution in [2.75, 3.05) is 0 Å². The summed E-state index contributed by atoms with van der Waals surface area (Å²) in [5, 5.41) is 26.6. The number of rotatable bonds is 5. The summed E-state index contributed by atoms with van der Waals surface area (Å²) < 4.78 is 1.54. The molecule has 3 aromatic rings. The molecule has 110 valence electrons. The van der Waals surface area contributed by atoms with Crippen LogP contribution >= 0.6 is 0 Å². The van der Waals surface area contributed by atoms with Gasteiger partial charge in [-0.3, -0.25) is 14.5 Å². The average molecular weight is 297 g/mol. The Balaban J connectivity index is 1.82. The van der Waals surface area contributed by atoms with Gasteiger partial charge in [-0.1, -0.05) is 0 Å². The number of allylic oxidation sites excluding steroid dienone is 1. The number of nitrogens with zero attached hydrogens (tertiary/aromatic N) is 6. The summed E-state index contributed by atoms with van der Waals surface area (Å²) in [6, 6.07) is 5.24. The standard InChI is InChI=1S/C13H11N7O2/c21-11(7-12(22)13-16-18-19-17-13)10-3-6-15-20(10)8-9-1-4-14-5-2-9/h1-7,22H,8H2,(H,16,17,18,19). The van der Waals surface area contributed by atoms with Crippen molar-refractivity contribution < 1.29 is 9.90 Å². The van der Waals surface area contributed by atoms with Crippen molar-refractivity contribution in [2.24, 2.45) is 0 Å². The molecule has 0 saturated heterocycles. The minimum absolute atomic E-state index is 0.0476. The van der Waals surface area contributed by atoms with Crippen LogP contribution in [-0.4, -0.2) is 46.3 Å². The van der Waals surface area contributed by atoms with Gasteiger partial charge >= 0.3 is 0 Å². The molecule has 2 N–H and O–H groups in total. The third kappa shape index (κ3) is 2.87. The highest BCUT2D eigenvalue weighted by molar-refractivity contribution is 6.06. The van der Waals surface area contributed by atoms with Crippen LogP contribution < -0.4 is 0 Å². The molecule has 0 amide bonds. The van der Waals surface area contributed by atoms with Gasteiger partial charge in [0, 0.05) is 24.7 Å². The number of hydrogen-bond acceptors (Lipinski definition) is 7. The second-order valence-electron chi connectivity index (χ2n) is 4.36. The van der Waals surface area contributed by atoms with E-state index in [1.165, 1.54) is 10.9 Å². The summed E-state index contributed by atoms with van der Waals surface area (Å²) >= 11 is 0. The van der Waals surface area contributed by atoms with Crippen molar-refractivity contribution in [3.63, 3.8) is 0 Å². The van der Waals surface area contributed by atoms with Crippen molar-refractivity contribution in [3.8, 4) is 0 Å². The van der Waals surface area contributed by atoms with E-state index in [-0.39, 0.29) is 11.6 Å². The fourth-order valence-electron chi connectivity index (χ4n) is 1.86. The number of nitrogens with one attached hydrogen (secondary N) is 1. The van der Waals surface area contributed by atoms with Gasteiger partial charge in [0.1, 0.15) is 5.69 Å². The molecular weight excluding hydrogens is 286 g/mol. The number of aliphatic hydroxyl groups is 1. The number of ketones is 1. The Labute approximate surface area is 124 Å². The number of aliphatic hydroxyl groups excluding tert-OH is 1. The maximum Gasteiger partial charge on any atom is 0.239 e. The van der Waals surface area contributed by atoms with E-state index in [1.54, 1.807) is 18.5 Å². The summed E-state index contributed by atoms with van der Waals surface area (Å²) in [4.78, 5) is 16.2. The fraction of sp³-hybridized carbons (Fsp3) is 0.0769. The van der Waals surface area contributed by atoms with E-state index in [4.69, 9.17) is 0 Å². The molecule has 22 heavy (non-hydrogen) atoms. The van der Waals surface area contributed by atoms with Crippen LogP contribution in [0, 0.1) is 0 Å². The van der Waals surface area contributed by atoms with Gasteiger partial charge in [0.2, 0.25) is 11.6 Å². The van der Waals surface area contributed by atoms with Crippen molar-refractivity contribution in [1.29, 1.82) is 0 Å². The molecule has 0 radical (unpaired) electrons. The van der Waals surface area contributed by atoms with Gasteiger partial charge in [-0.15, -0.1) is 10.2 Å². The number of aromatic nitrogens is 7. The summed E-state index contributed by atoms with van der Waals surface area (Å²) in [5.74, 6) is -0.821. The van der Waals surface area contributed by atoms with E-state index < -0.39 is 5.78 Å². The summed E-state index contributed by atoms with van der Waals surface area (Å²) in [7, 11) is 0. The monoisotopic (exact) mass is 297 g/mol. The minimum Gasteiger partial charge on any atom is -0.504 e. The lowest BCUT2D eigenvalue weighted by atomic mass is 10.2. The molecule has 0 fully saturated rings. The first-order valence-corrected chi connectivity index (χ1v) is 6.33. The largest absolute Gasteiger partial charge is 0.504 e. The molecule has 0 aliphatic heterocycles. The maximum absolute atomic E-state index is 12.2. The molecule has 3 aromatic heterocycles. The number of tetrazole rings is 1. The first kappa shape index (κ1) is 13.6. The lowest BCUT2D eigenvalue weighted by Crippen LogP contribution is -2.10. The Morgan fingerprint density at radius 3 is 2.82 bits per heavy atom. The molecule has 3 rings (SSSR count). The van der Waals surface area contributed by atoms with Crippen LogP contribution in [0.3, 0.4) is 0 Å². The predicted molar refractivity (Wildman–Crippen MR) is 74.7 cm³/mol. The van der Waals surface area contributed by atoms with Crippen molar-refractivity contribution in [2.45, 2.75) is 6.54 Å². The molecule has 0 aliphatic rings. The molecule has 0 aromatic carbocycles. The van der Waals surface area contributed by atoms with Crippen molar-refractivity contribution in [3.05, 3.63) is 59.9 Å². The van der Waals surface area contributed by atoms with Crippen LogP contribution in [0.15, 0.2) is 42.9 Å². The molecule has 0 unspecified atom stereocenters. The summed E-state index contributed by atoms with van der Waals surface area (Å²) in [6.07, 6.45) is 5.89. The van der Waals surface area contributed by atoms with Crippen molar-refractivity contribution >= 4 is 11.5 Å². The quantitative estimate of drug-likeness (QED) is 0.402. The molecule has 0 atom stereocenters. The third-order valence-electron chi connectivity index (χ3n) is 2.89. The van der Waals surface area contributed by atoms with Gasteiger partial charge in [0.05, 0.1) is 6.54 Å². The third-order valence-corrected chi connectivity index (χ3v) is 2.89. The smallest absolute Gasteiger partial charge is 0.239 e. The summed E-state index contributed by atoms with van der Waals surface area (Å²) in [5.41, 5.74) is 1.30. The highest BCUT2D eigenvalue weighted by atomic mass is 16.3. The average Bonchev–Trinajstić information content (AvgIpc) is 3.19. The predicted octanol–water partition coefficient (Wildman–Crippen LogP) is 0.621. The number of aromatic amines is 1. The van der Waals surface area contributed by atoms with Gasteiger partial charge in [0.15, 0.2) is 5.76 Å². The van der Waals surface area contributed by atoms with E-state index in [0.717, 1.165) is 11.6 Å². The molecule has 0 aliphatic carbocycles. The lowest BCUT2D eigenvalue weighted by Gasteiger charge is -2.05. The lowest BCUT2D eigenvalue weighted by molar-refractivity contribution is 0.103. The Morgan fingerprint density at radius 1 is 1.27 bits per heavy atom. The van der Waals surface area contributed by atoms with Crippen molar-refractivity contribution in [1.82, 2.24) is 35.4 Å². The number of pyridine rings is 1. The van der Waals surface area contributed by atoms with Gasteiger partial charge in [-0.05, 0) is 29.0 Å². The second kappa shape index (κ2) is 5.95. The zero-order valence-corrected chi connectivity index (χ0v) is 11.3. The van der Waals surface area contributed by atoms with Crippen LogP contribution in [0.4, 0.5) is 0 Å². The molecule has 0 saturated carbocycles. The number of carbonyl (C=O) groups excluding carboxylic acids is 1. The molecule has 0 bridgehead atoms. The molecular formula is C13H11N7O2. The highest BCUT2D eigenvalue weighted by Gasteiger charge is 2.13. The van der Waals surface area contributed by atoms with E-state index in [1.807, 2.05) is 12.1 Å². The normalized spacial score (nSPS) is 11.5. The highest BCUT2D eigenvalue weighted by Crippen LogP contribution is 2.09. The second-order valence-corrected chi connectivity index (χ2v) is 4.36. The van der Waals surface area contributed by atoms with Crippen LogP contribution in [0.5, 0.6) is 0 Å². The zero-order valence-electron chi connectivity index (χ0n) is 11.3. The molecule has 0 spiro atoms. The first-order chi connectivity index (χ1) is 10.7. The number of H-pyrrole nitrogens is 1. The molecule has 9 nitrogen and oxygen atoms in total. The van der Waals surface area contributed by atoms with E-state index in [0.29, 0.717) is 12.2 Å². The van der Waals surface area contributed by atoms with E-state index in [2.05, 4.69) is 30.7 Å². The Bertz CT molecular complexity index is 793. The zero-order chi connectivity index (χ0) is 15.4. The van der Waals surface area contributed by atoms with Gasteiger partial charge in [-0.25, -0.2) is 0 Å². The van der Waals surface area contributed by atoms with E-state index >= 15 is 0 Å². The van der Waals surface area contributed by atoms with E-state index in [9.17, 15) is 9.90 Å². The maximum atomic E-state index is 12.2. The molecule has 9 heteroatoms. The SMILES string of the molecule is O=C(C=C(O)c1nn[nH]n1)c1ccnn1Cc1ccncc1. The van der Waals surface area contributed by atoms with Gasteiger partial charge in [-0.2, -0.15) is 10.3 Å². The van der Waals surface area contributed by atoms with Crippen LogP contribution in [0.25, 0.3) is 5.76 Å². The Kier molecular flexibility index (Phi) is 3.69. The summed E-state index contributed by atoms with van der Waals surface area (Å²) in [6.45, 7) is 0.424. The van der Waals surface area contributed by atoms with Crippen LogP contribution in [0.1, 0.15) is 21.9 Å².